The van der Waals surface area contributed by atoms with Crippen LogP contribution in [0.5, 0.6) is 0 Å². The van der Waals surface area contributed by atoms with Crippen LogP contribution in [0.3, 0.4) is 0 Å². The highest BCUT2D eigenvalue weighted by Gasteiger charge is 2.19. The first-order chi connectivity index (χ1) is 8.29. The number of aromatic nitrogens is 1. The Morgan fingerprint density at radius 3 is 2.50 bits per heavy atom. The zero-order valence-corrected chi connectivity index (χ0v) is 12.3. The Morgan fingerprint density at radius 2 is 1.94 bits per heavy atom. The van der Waals surface area contributed by atoms with Gasteiger partial charge in [0.15, 0.2) is 0 Å². The minimum absolute atomic E-state index is 0.0302. The van der Waals surface area contributed by atoms with Gasteiger partial charge in [-0.15, -0.1) is 11.3 Å². The van der Waals surface area contributed by atoms with Gasteiger partial charge in [-0.3, -0.25) is 4.79 Å². The maximum absolute atomic E-state index is 11.9. The number of amides is 1. The van der Waals surface area contributed by atoms with Crippen molar-refractivity contribution in [2.45, 2.75) is 26.2 Å². The lowest BCUT2D eigenvalue weighted by Crippen LogP contribution is -2.21. The third kappa shape index (κ3) is 2.38. The topological polar surface area (TPSA) is 33.2 Å². The molecule has 0 atom stereocenters. The second kappa shape index (κ2) is 4.35. The average molecular weight is 262 g/mol. The minimum Gasteiger partial charge on any atom is -0.345 e. The molecule has 1 amide bonds. The highest BCUT2D eigenvalue weighted by Crippen LogP contribution is 2.31. The van der Waals surface area contributed by atoms with Crippen LogP contribution in [0.15, 0.2) is 18.2 Å². The molecule has 0 fully saturated rings. The number of hydrogen-bond donors (Lipinski definition) is 0. The van der Waals surface area contributed by atoms with Crippen molar-refractivity contribution in [3.05, 3.63) is 28.8 Å². The van der Waals surface area contributed by atoms with Crippen LogP contribution in [0.2, 0.25) is 0 Å². The molecule has 3 nitrogen and oxygen atoms in total. The monoisotopic (exact) mass is 262 g/mol. The van der Waals surface area contributed by atoms with E-state index in [1.807, 2.05) is 18.2 Å². The molecule has 2 rings (SSSR count). The van der Waals surface area contributed by atoms with Crippen molar-refractivity contribution in [2.24, 2.45) is 0 Å². The molecule has 96 valence electrons. The van der Waals surface area contributed by atoms with Crippen LogP contribution >= 0.6 is 11.3 Å². The number of thiazole rings is 1. The molecule has 18 heavy (non-hydrogen) atoms. The number of hydrogen-bond acceptors (Lipinski definition) is 3. The van der Waals surface area contributed by atoms with Crippen molar-refractivity contribution in [1.29, 1.82) is 0 Å². The van der Waals surface area contributed by atoms with Gasteiger partial charge in [0.05, 0.1) is 15.2 Å². The third-order valence-corrected chi connectivity index (χ3v) is 4.13. The van der Waals surface area contributed by atoms with Gasteiger partial charge in [0, 0.05) is 25.1 Å². The van der Waals surface area contributed by atoms with Crippen molar-refractivity contribution >= 4 is 27.5 Å². The summed E-state index contributed by atoms with van der Waals surface area (Å²) >= 11 is 1.67. The predicted molar refractivity (Wildman–Crippen MR) is 76.3 cm³/mol. The molecule has 0 radical (unpaired) electrons. The van der Waals surface area contributed by atoms with Crippen LogP contribution in [0, 0.1) is 0 Å². The van der Waals surface area contributed by atoms with Gasteiger partial charge in [-0.1, -0.05) is 20.8 Å². The van der Waals surface area contributed by atoms with Crippen LogP contribution in [-0.4, -0.2) is 29.9 Å². The molecule has 0 aliphatic carbocycles. The first kappa shape index (κ1) is 13.0. The van der Waals surface area contributed by atoms with Gasteiger partial charge in [0.25, 0.3) is 5.91 Å². The van der Waals surface area contributed by atoms with E-state index in [-0.39, 0.29) is 11.3 Å². The average Bonchev–Trinajstić information content (AvgIpc) is 2.69. The van der Waals surface area contributed by atoms with E-state index in [0.29, 0.717) is 0 Å². The molecular formula is C14H18N2OS. The molecule has 0 saturated heterocycles. The third-order valence-electron chi connectivity index (χ3n) is 2.68. The molecule has 1 heterocycles. The summed E-state index contributed by atoms with van der Waals surface area (Å²) < 4.78 is 1.08. The Morgan fingerprint density at radius 1 is 1.28 bits per heavy atom. The smallest absolute Gasteiger partial charge is 0.253 e. The van der Waals surface area contributed by atoms with E-state index >= 15 is 0 Å². The Labute approximate surface area is 111 Å². The molecule has 1 aromatic heterocycles. The summed E-state index contributed by atoms with van der Waals surface area (Å²) in [6.45, 7) is 6.45. The van der Waals surface area contributed by atoms with E-state index < -0.39 is 0 Å². The highest BCUT2D eigenvalue weighted by atomic mass is 32.1. The van der Waals surface area contributed by atoms with Crippen molar-refractivity contribution in [3.63, 3.8) is 0 Å². The van der Waals surface area contributed by atoms with Crippen molar-refractivity contribution in [1.82, 2.24) is 9.88 Å². The summed E-state index contributed by atoms with van der Waals surface area (Å²) in [7, 11) is 3.53. The van der Waals surface area contributed by atoms with Gasteiger partial charge in [-0.25, -0.2) is 4.98 Å². The maximum atomic E-state index is 11.9. The van der Waals surface area contributed by atoms with Crippen LogP contribution in [0.4, 0.5) is 0 Å². The van der Waals surface area contributed by atoms with Gasteiger partial charge in [0.1, 0.15) is 0 Å². The standard InChI is InChI=1S/C14H18N2OS/c1-14(2,3)13-15-10-7-6-9(8-11(10)18-13)12(17)16(4)5/h6-8H,1-5H3. The molecule has 0 unspecified atom stereocenters. The highest BCUT2D eigenvalue weighted by molar-refractivity contribution is 7.18. The Bertz CT molecular complexity index is 593. The summed E-state index contributed by atoms with van der Waals surface area (Å²) in [6, 6.07) is 5.71. The second-order valence-electron chi connectivity index (χ2n) is 5.65. The molecule has 0 N–H and O–H groups in total. The number of nitrogens with zero attached hydrogens (tertiary/aromatic N) is 2. The molecule has 0 aliphatic rings. The van der Waals surface area contributed by atoms with Crippen LogP contribution in [0.1, 0.15) is 36.1 Å². The lowest BCUT2D eigenvalue weighted by Gasteiger charge is -2.13. The molecule has 0 bridgehead atoms. The summed E-state index contributed by atoms with van der Waals surface area (Å²) in [4.78, 5) is 18.1. The van der Waals surface area contributed by atoms with Gasteiger partial charge in [-0.05, 0) is 18.2 Å². The molecular weight excluding hydrogens is 244 g/mol. The van der Waals surface area contributed by atoms with E-state index in [4.69, 9.17) is 0 Å². The first-order valence-corrected chi connectivity index (χ1v) is 6.73. The van der Waals surface area contributed by atoms with Gasteiger partial charge in [-0.2, -0.15) is 0 Å². The number of carbonyl (C=O) groups is 1. The van der Waals surface area contributed by atoms with E-state index in [1.165, 1.54) is 0 Å². The van der Waals surface area contributed by atoms with Crippen LogP contribution in [-0.2, 0) is 5.41 Å². The minimum atomic E-state index is 0.0302. The van der Waals surface area contributed by atoms with E-state index in [0.717, 1.165) is 20.8 Å². The Hall–Kier alpha value is -1.42. The molecule has 1 aromatic carbocycles. The summed E-state index contributed by atoms with van der Waals surface area (Å²) in [5, 5.41) is 1.10. The fourth-order valence-corrected chi connectivity index (χ4v) is 2.70. The normalized spacial score (nSPS) is 11.8. The van der Waals surface area contributed by atoms with Gasteiger partial charge in [0.2, 0.25) is 0 Å². The lowest BCUT2D eigenvalue weighted by molar-refractivity contribution is 0.0828. The Kier molecular flexibility index (Phi) is 3.15. The summed E-state index contributed by atoms with van der Waals surface area (Å²) in [5.74, 6) is 0.0302. The molecule has 2 aromatic rings. The van der Waals surface area contributed by atoms with E-state index in [9.17, 15) is 4.79 Å². The second-order valence-corrected chi connectivity index (χ2v) is 6.68. The number of carbonyl (C=O) groups excluding carboxylic acids is 1. The molecule has 0 aliphatic heterocycles. The summed E-state index contributed by atoms with van der Waals surface area (Å²) in [5.41, 5.74) is 1.74. The molecule has 0 spiro atoms. The maximum Gasteiger partial charge on any atom is 0.253 e. The molecule has 4 heteroatoms. The fourth-order valence-electron chi connectivity index (χ4n) is 1.64. The van der Waals surface area contributed by atoms with Crippen LogP contribution in [0.25, 0.3) is 10.2 Å². The zero-order chi connectivity index (χ0) is 13.5. The van der Waals surface area contributed by atoms with Crippen molar-refractivity contribution in [3.8, 4) is 0 Å². The Balaban J connectivity index is 2.49. The number of rotatable bonds is 1. The van der Waals surface area contributed by atoms with Gasteiger partial charge >= 0.3 is 0 Å². The zero-order valence-electron chi connectivity index (χ0n) is 11.4. The largest absolute Gasteiger partial charge is 0.345 e. The number of fused-ring (bicyclic) bond motifs is 1. The lowest BCUT2D eigenvalue weighted by atomic mass is 9.98. The summed E-state index contributed by atoms with van der Waals surface area (Å²) in [6.07, 6.45) is 0. The van der Waals surface area contributed by atoms with Gasteiger partial charge < -0.3 is 4.90 Å². The first-order valence-electron chi connectivity index (χ1n) is 5.92. The SMILES string of the molecule is CN(C)C(=O)c1ccc2nc(C(C)(C)C)sc2c1. The molecule has 0 saturated carbocycles. The van der Waals surface area contributed by atoms with Crippen molar-refractivity contribution in [2.75, 3.05) is 14.1 Å². The predicted octanol–water partition coefficient (Wildman–Crippen LogP) is 3.30. The van der Waals surface area contributed by atoms with Crippen LogP contribution < -0.4 is 0 Å². The van der Waals surface area contributed by atoms with E-state index in [1.54, 1.807) is 30.3 Å². The number of benzene rings is 1. The quantitative estimate of drug-likeness (QED) is 0.790. The fraction of sp³-hybridized carbons (Fsp3) is 0.429. The van der Waals surface area contributed by atoms with Crippen molar-refractivity contribution < 1.29 is 4.79 Å². The van der Waals surface area contributed by atoms with E-state index in [2.05, 4.69) is 25.8 Å².